The van der Waals surface area contributed by atoms with Crippen molar-refractivity contribution >= 4 is 22.6 Å². The van der Waals surface area contributed by atoms with E-state index >= 15 is 0 Å². The lowest BCUT2D eigenvalue weighted by atomic mass is 9.92. The third-order valence-electron chi connectivity index (χ3n) is 5.28. The van der Waals surface area contributed by atoms with Crippen molar-refractivity contribution in [3.05, 3.63) is 54.6 Å². The molecule has 1 amide bonds. The van der Waals surface area contributed by atoms with Crippen LogP contribution in [-0.4, -0.2) is 39.0 Å². The molecule has 0 spiro atoms. The molecule has 0 unspecified atom stereocenters. The van der Waals surface area contributed by atoms with Gasteiger partial charge in [-0.05, 0) is 51.7 Å². The number of amides is 1. The van der Waals surface area contributed by atoms with Crippen LogP contribution in [-0.2, 0) is 0 Å². The first-order valence-corrected chi connectivity index (χ1v) is 10.5. The molecule has 30 heavy (non-hydrogen) atoms. The van der Waals surface area contributed by atoms with Crippen LogP contribution in [0.15, 0.2) is 49.1 Å². The number of pyridine rings is 1. The fraction of sp³-hybridized carbons (Fsp3) is 0.391. The summed E-state index contributed by atoms with van der Waals surface area (Å²) in [6.07, 6.45) is 10.5. The van der Waals surface area contributed by atoms with Crippen molar-refractivity contribution < 1.29 is 9.53 Å². The molecule has 0 bridgehead atoms. The van der Waals surface area contributed by atoms with Gasteiger partial charge in [-0.1, -0.05) is 12.1 Å². The Bertz CT molecular complexity index is 993. The van der Waals surface area contributed by atoms with E-state index in [9.17, 15) is 4.79 Å². The number of hydrogen-bond donors (Lipinski definition) is 2. The van der Waals surface area contributed by atoms with Gasteiger partial charge in [-0.3, -0.25) is 9.78 Å². The van der Waals surface area contributed by atoms with Gasteiger partial charge in [0, 0.05) is 47.6 Å². The molecule has 2 heterocycles. The van der Waals surface area contributed by atoms with Crippen LogP contribution in [0.5, 0.6) is 5.75 Å². The van der Waals surface area contributed by atoms with Crippen molar-refractivity contribution in [3.63, 3.8) is 0 Å². The predicted molar refractivity (Wildman–Crippen MR) is 117 cm³/mol. The smallest absolute Gasteiger partial charge is 0.254 e. The zero-order valence-electron chi connectivity index (χ0n) is 17.3. The summed E-state index contributed by atoms with van der Waals surface area (Å²) in [7, 11) is 0. The number of nitrogens with zero attached hydrogens (tertiary/aromatic N) is 3. The number of aromatic nitrogens is 3. The number of carbonyl (C=O) groups excluding carboxylic acids is 1. The molecule has 7 nitrogen and oxygen atoms in total. The monoisotopic (exact) mass is 405 g/mol. The molecule has 1 aliphatic rings. The molecule has 3 aromatic rings. The van der Waals surface area contributed by atoms with Crippen molar-refractivity contribution in [2.75, 3.05) is 5.32 Å². The molecule has 1 aromatic carbocycles. The van der Waals surface area contributed by atoms with Gasteiger partial charge >= 0.3 is 0 Å². The molecule has 4 rings (SSSR count). The number of rotatable bonds is 6. The van der Waals surface area contributed by atoms with Gasteiger partial charge in [0.1, 0.15) is 5.75 Å². The second kappa shape index (κ2) is 9.07. The molecular formula is C23H27N5O2. The molecule has 0 aliphatic heterocycles. The fourth-order valence-electron chi connectivity index (χ4n) is 3.75. The molecule has 1 saturated carbocycles. The van der Waals surface area contributed by atoms with Gasteiger partial charge in [-0.15, -0.1) is 0 Å². The summed E-state index contributed by atoms with van der Waals surface area (Å²) in [5.74, 6) is 1.30. The van der Waals surface area contributed by atoms with Gasteiger partial charge in [-0.2, -0.15) is 0 Å². The summed E-state index contributed by atoms with van der Waals surface area (Å²) in [4.78, 5) is 25.1. The SMILES string of the molecule is CC(C)Nc1ncc(C(=O)NC2CCC(Oc3cccc4cnccc34)CC2)cn1. The van der Waals surface area contributed by atoms with Crippen LogP contribution in [0.2, 0.25) is 0 Å². The molecule has 7 heteroatoms. The average molecular weight is 406 g/mol. The van der Waals surface area contributed by atoms with Crippen molar-refractivity contribution in [1.29, 1.82) is 0 Å². The Morgan fingerprint density at radius 1 is 1.07 bits per heavy atom. The Kier molecular flexibility index (Phi) is 6.07. The maximum absolute atomic E-state index is 12.5. The second-order valence-corrected chi connectivity index (χ2v) is 8.01. The first kappa shape index (κ1) is 20.1. The number of ether oxygens (including phenoxy) is 1. The lowest BCUT2D eigenvalue weighted by Gasteiger charge is -2.29. The first-order chi connectivity index (χ1) is 14.6. The van der Waals surface area contributed by atoms with E-state index in [2.05, 4.69) is 25.6 Å². The molecule has 1 fully saturated rings. The van der Waals surface area contributed by atoms with Gasteiger partial charge in [0.25, 0.3) is 5.91 Å². The topological polar surface area (TPSA) is 89.0 Å². The van der Waals surface area contributed by atoms with Crippen LogP contribution in [0.1, 0.15) is 49.9 Å². The normalized spacial score (nSPS) is 18.9. The van der Waals surface area contributed by atoms with Crippen molar-refractivity contribution in [1.82, 2.24) is 20.3 Å². The van der Waals surface area contributed by atoms with Crippen LogP contribution >= 0.6 is 0 Å². The largest absolute Gasteiger partial charge is 0.490 e. The van der Waals surface area contributed by atoms with Crippen LogP contribution in [0.3, 0.4) is 0 Å². The predicted octanol–water partition coefficient (Wildman–Crippen LogP) is 3.97. The van der Waals surface area contributed by atoms with Crippen LogP contribution in [0.25, 0.3) is 10.8 Å². The molecule has 2 N–H and O–H groups in total. The van der Waals surface area contributed by atoms with Gasteiger partial charge < -0.3 is 15.4 Å². The second-order valence-electron chi connectivity index (χ2n) is 8.01. The van der Waals surface area contributed by atoms with E-state index in [0.29, 0.717) is 11.5 Å². The summed E-state index contributed by atoms with van der Waals surface area (Å²) in [6.45, 7) is 4.03. The van der Waals surface area contributed by atoms with Gasteiger partial charge in [0.15, 0.2) is 0 Å². The van der Waals surface area contributed by atoms with E-state index in [1.54, 1.807) is 18.6 Å². The Morgan fingerprint density at radius 2 is 1.83 bits per heavy atom. The lowest BCUT2D eigenvalue weighted by Crippen LogP contribution is -2.39. The third kappa shape index (κ3) is 4.84. The first-order valence-electron chi connectivity index (χ1n) is 10.5. The van der Waals surface area contributed by atoms with Crippen LogP contribution in [0, 0.1) is 0 Å². The van der Waals surface area contributed by atoms with E-state index in [1.165, 1.54) is 0 Å². The van der Waals surface area contributed by atoms with Crippen molar-refractivity contribution in [2.45, 2.75) is 57.7 Å². The minimum atomic E-state index is -0.128. The molecule has 0 saturated heterocycles. The van der Waals surface area contributed by atoms with E-state index in [-0.39, 0.29) is 24.1 Å². The zero-order chi connectivity index (χ0) is 20.9. The van der Waals surface area contributed by atoms with E-state index in [4.69, 9.17) is 4.74 Å². The number of carbonyl (C=O) groups is 1. The minimum Gasteiger partial charge on any atom is -0.490 e. The third-order valence-corrected chi connectivity index (χ3v) is 5.28. The summed E-state index contributed by atoms with van der Waals surface area (Å²) in [5.41, 5.74) is 0.479. The van der Waals surface area contributed by atoms with Crippen molar-refractivity contribution in [2.24, 2.45) is 0 Å². The maximum Gasteiger partial charge on any atom is 0.254 e. The number of hydrogen-bond acceptors (Lipinski definition) is 6. The molecule has 0 radical (unpaired) electrons. The van der Waals surface area contributed by atoms with E-state index < -0.39 is 0 Å². The Morgan fingerprint density at radius 3 is 2.57 bits per heavy atom. The number of nitrogens with one attached hydrogen (secondary N) is 2. The fourth-order valence-corrected chi connectivity index (χ4v) is 3.75. The molecule has 156 valence electrons. The van der Waals surface area contributed by atoms with Crippen molar-refractivity contribution in [3.8, 4) is 5.75 Å². The zero-order valence-corrected chi connectivity index (χ0v) is 17.3. The number of anilines is 1. The van der Waals surface area contributed by atoms with E-state index in [1.807, 2.05) is 44.3 Å². The maximum atomic E-state index is 12.5. The molecule has 0 atom stereocenters. The number of fused-ring (bicyclic) bond motifs is 1. The van der Waals surface area contributed by atoms with Gasteiger partial charge in [0.05, 0.1) is 11.7 Å². The highest BCUT2D eigenvalue weighted by Gasteiger charge is 2.24. The quantitative estimate of drug-likeness (QED) is 0.645. The molecule has 2 aromatic heterocycles. The highest BCUT2D eigenvalue weighted by atomic mass is 16.5. The Hall–Kier alpha value is -3.22. The summed E-state index contributed by atoms with van der Waals surface area (Å²) >= 11 is 0. The van der Waals surface area contributed by atoms with Crippen LogP contribution < -0.4 is 15.4 Å². The number of benzene rings is 1. The summed E-state index contributed by atoms with van der Waals surface area (Å²) in [6, 6.07) is 8.41. The summed E-state index contributed by atoms with van der Waals surface area (Å²) < 4.78 is 6.28. The Labute approximate surface area is 176 Å². The van der Waals surface area contributed by atoms with Crippen LogP contribution in [0.4, 0.5) is 5.95 Å². The highest BCUT2D eigenvalue weighted by molar-refractivity contribution is 5.93. The summed E-state index contributed by atoms with van der Waals surface area (Å²) in [5, 5.41) is 8.38. The van der Waals surface area contributed by atoms with E-state index in [0.717, 1.165) is 42.2 Å². The lowest BCUT2D eigenvalue weighted by molar-refractivity contribution is 0.0894. The van der Waals surface area contributed by atoms with Gasteiger partial charge in [0.2, 0.25) is 5.95 Å². The average Bonchev–Trinajstić information content (AvgIpc) is 2.75. The highest BCUT2D eigenvalue weighted by Crippen LogP contribution is 2.29. The minimum absolute atomic E-state index is 0.128. The standard InChI is InChI=1S/C23H27N5O2/c1-15(2)27-23-25-13-17(14-26-23)22(29)28-18-6-8-19(9-7-18)30-21-5-3-4-16-12-24-11-10-20(16)21/h3-5,10-15,18-19H,6-9H2,1-2H3,(H,28,29)(H,25,26,27). The van der Waals surface area contributed by atoms with Gasteiger partial charge in [-0.25, -0.2) is 9.97 Å². The molecular weight excluding hydrogens is 378 g/mol. The molecule has 1 aliphatic carbocycles. The Balaban J connectivity index is 1.29.